The number of carbonyl (C=O) groups is 1. The topological polar surface area (TPSA) is 119 Å². The molecule has 2 N–H and O–H groups in total. The second-order valence-electron chi connectivity index (χ2n) is 14.6. The summed E-state index contributed by atoms with van der Waals surface area (Å²) >= 11 is 1.68. The predicted octanol–water partition coefficient (Wildman–Crippen LogP) is 9.12. The number of hydrogen-bond donors (Lipinski definition) is 2. The molecule has 0 spiro atoms. The lowest BCUT2D eigenvalue weighted by Crippen LogP contribution is -2.69. The van der Waals surface area contributed by atoms with Gasteiger partial charge in [-0.2, -0.15) is 0 Å². The van der Waals surface area contributed by atoms with Crippen LogP contribution in [0.4, 0.5) is 4.79 Å². The standard InChI is InChI=1S/C45H56N2O8S/c1-5-26-52-45-41(47(3)44(50)51-6-2)29-39(46-53-30-31-14-8-7-9-15-31)37-27-32(16-10-12-24-48)36(17-11-13-25-49)42(43(37)45)38-28-34(20-23-40(38)55-45)54-33-18-21-35(56-4)22-19-33/h5,7-9,14-15,18-23,27-28,32,36,41-43,48-49H,1,6,10-13,16-17,24-26,29-30H2,2-4H3. The Bertz CT molecular complexity index is 1820. The third-order valence-electron chi connectivity index (χ3n) is 11.2. The molecule has 2 aliphatic carbocycles. The zero-order valence-corrected chi connectivity index (χ0v) is 33.6. The van der Waals surface area contributed by atoms with Gasteiger partial charge in [0.25, 0.3) is 0 Å². The van der Waals surface area contributed by atoms with Gasteiger partial charge in [0.15, 0.2) is 0 Å². The average molecular weight is 785 g/mol. The van der Waals surface area contributed by atoms with E-state index >= 15 is 0 Å². The van der Waals surface area contributed by atoms with Crippen molar-refractivity contribution in [3.63, 3.8) is 0 Å². The highest BCUT2D eigenvalue weighted by molar-refractivity contribution is 7.98. The van der Waals surface area contributed by atoms with Crippen LogP contribution in [0, 0.1) is 17.8 Å². The van der Waals surface area contributed by atoms with Crippen molar-refractivity contribution in [3.05, 3.63) is 108 Å². The molecule has 3 aliphatic rings. The fourth-order valence-electron chi connectivity index (χ4n) is 8.68. The summed E-state index contributed by atoms with van der Waals surface area (Å²) in [6.45, 7) is 6.69. The molecule has 0 saturated heterocycles. The van der Waals surface area contributed by atoms with E-state index in [0.29, 0.717) is 24.3 Å². The molecule has 0 aromatic heterocycles. The molecule has 1 aliphatic heterocycles. The van der Waals surface area contributed by atoms with Crippen LogP contribution in [-0.2, 0) is 20.9 Å². The number of likely N-dealkylation sites (N-methyl/N-ethyl adjacent to an activating group) is 1. The van der Waals surface area contributed by atoms with Crippen LogP contribution < -0.4 is 9.47 Å². The van der Waals surface area contributed by atoms with E-state index in [9.17, 15) is 15.0 Å². The van der Waals surface area contributed by atoms with E-state index in [1.54, 1.807) is 36.7 Å². The Morgan fingerprint density at radius 2 is 1.75 bits per heavy atom. The molecule has 10 nitrogen and oxygen atoms in total. The maximum absolute atomic E-state index is 13.7. The van der Waals surface area contributed by atoms with E-state index < -0.39 is 23.8 Å². The fourth-order valence-corrected chi connectivity index (χ4v) is 9.09. The van der Waals surface area contributed by atoms with Crippen LogP contribution in [0.15, 0.2) is 107 Å². The molecule has 1 amide bonds. The summed E-state index contributed by atoms with van der Waals surface area (Å²) < 4.78 is 26.2. The first-order valence-electron chi connectivity index (χ1n) is 19.8. The van der Waals surface area contributed by atoms with Crippen LogP contribution in [-0.4, -0.2) is 78.5 Å². The normalized spacial score (nSPS) is 24.3. The van der Waals surface area contributed by atoms with Crippen molar-refractivity contribution in [3.8, 4) is 17.2 Å². The zero-order valence-electron chi connectivity index (χ0n) is 32.8. The van der Waals surface area contributed by atoms with Crippen LogP contribution in [0.5, 0.6) is 17.2 Å². The Morgan fingerprint density at radius 3 is 2.45 bits per heavy atom. The first-order chi connectivity index (χ1) is 27.4. The Labute approximate surface area is 335 Å². The summed E-state index contributed by atoms with van der Waals surface area (Å²) in [6.07, 6.45) is 10.6. The number of carbonyl (C=O) groups excluding carboxylic acids is 1. The third kappa shape index (κ3) is 9.12. The minimum absolute atomic E-state index is 0.0950. The number of hydrogen-bond acceptors (Lipinski definition) is 10. The van der Waals surface area contributed by atoms with E-state index in [4.69, 9.17) is 28.9 Å². The molecule has 0 radical (unpaired) electrons. The number of unbranched alkanes of at least 4 members (excludes halogenated alkanes) is 2. The molecule has 1 heterocycles. The van der Waals surface area contributed by atoms with Crippen molar-refractivity contribution in [2.75, 3.05) is 39.7 Å². The summed E-state index contributed by atoms with van der Waals surface area (Å²) in [5.41, 5.74) is 3.67. The molecule has 6 unspecified atom stereocenters. The summed E-state index contributed by atoms with van der Waals surface area (Å²) in [6, 6.07) is 23.2. The Morgan fingerprint density at radius 1 is 1.02 bits per heavy atom. The van der Waals surface area contributed by atoms with Gasteiger partial charge in [0.05, 0.1) is 24.8 Å². The Balaban J connectivity index is 1.54. The highest BCUT2D eigenvalue weighted by atomic mass is 32.2. The number of nitrogens with zero attached hydrogens (tertiary/aromatic N) is 2. The van der Waals surface area contributed by atoms with Gasteiger partial charge in [-0.25, -0.2) is 4.79 Å². The van der Waals surface area contributed by atoms with Crippen molar-refractivity contribution in [2.24, 2.45) is 22.9 Å². The highest BCUT2D eigenvalue weighted by Crippen LogP contribution is 2.62. The Hall–Kier alpha value is -4.29. The lowest BCUT2D eigenvalue weighted by molar-refractivity contribution is -0.253. The molecule has 56 heavy (non-hydrogen) atoms. The van der Waals surface area contributed by atoms with E-state index in [-0.39, 0.29) is 57.2 Å². The first kappa shape index (κ1) is 41.3. The van der Waals surface area contributed by atoms with E-state index in [1.165, 1.54) is 0 Å². The number of aliphatic hydroxyl groups excluding tert-OH is 2. The van der Waals surface area contributed by atoms with E-state index in [2.05, 4.69) is 18.7 Å². The monoisotopic (exact) mass is 784 g/mol. The average Bonchev–Trinajstić information content (AvgIpc) is 3.22. The maximum atomic E-state index is 13.7. The van der Waals surface area contributed by atoms with Gasteiger partial charge in [-0.05, 0) is 104 Å². The number of aliphatic hydroxyl groups is 2. The van der Waals surface area contributed by atoms with E-state index in [0.717, 1.165) is 58.7 Å². The predicted molar refractivity (Wildman–Crippen MR) is 219 cm³/mol. The van der Waals surface area contributed by atoms with Gasteiger partial charge in [-0.15, -0.1) is 18.3 Å². The lowest BCUT2D eigenvalue weighted by atomic mass is 9.55. The molecule has 6 rings (SSSR count). The summed E-state index contributed by atoms with van der Waals surface area (Å²) in [4.78, 5) is 22.5. The molecule has 300 valence electrons. The van der Waals surface area contributed by atoms with Crippen LogP contribution in [0.25, 0.3) is 0 Å². The van der Waals surface area contributed by atoms with E-state index in [1.807, 2.05) is 73.0 Å². The molecular weight excluding hydrogens is 729 g/mol. The second kappa shape index (κ2) is 19.7. The van der Waals surface area contributed by atoms with Gasteiger partial charge in [-0.3, -0.25) is 0 Å². The summed E-state index contributed by atoms with van der Waals surface area (Å²) in [7, 11) is 1.73. The molecule has 1 fully saturated rings. The molecule has 3 aromatic rings. The maximum Gasteiger partial charge on any atom is 0.409 e. The van der Waals surface area contributed by atoms with Gasteiger partial charge in [-0.1, -0.05) is 60.5 Å². The summed E-state index contributed by atoms with van der Waals surface area (Å²) in [5, 5.41) is 24.6. The van der Waals surface area contributed by atoms with Crippen LogP contribution in [0.2, 0.25) is 0 Å². The molecule has 1 saturated carbocycles. The van der Waals surface area contributed by atoms with Crippen molar-refractivity contribution in [1.29, 1.82) is 0 Å². The number of rotatable bonds is 19. The fraction of sp³-hybridized carbons (Fsp3) is 0.467. The molecular formula is C45H56N2O8S. The second-order valence-corrected chi connectivity index (χ2v) is 15.5. The lowest BCUT2D eigenvalue weighted by Gasteiger charge is -2.59. The number of oxime groups is 1. The van der Waals surface area contributed by atoms with Gasteiger partial charge in [0, 0.05) is 43.1 Å². The largest absolute Gasteiger partial charge is 0.459 e. The minimum atomic E-state index is -1.35. The van der Waals surface area contributed by atoms with Crippen LogP contribution >= 0.6 is 11.8 Å². The van der Waals surface area contributed by atoms with Gasteiger partial charge < -0.3 is 38.9 Å². The summed E-state index contributed by atoms with van der Waals surface area (Å²) in [5.74, 6) is 0.342. The van der Waals surface area contributed by atoms with Gasteiger partial charge in [0.1, 0.15) is 29.9 Å². The van der Waals surface area contributed by atoms with Gasteiger partial charge >= 0.3 is 6.09 Å². The number of amides is 1. The number of allylic oxidation sites excluding steroid dienone is 1. The third-order valence-corrected chi connectivity index (χ3v) is 12.0. The Kier molecular flexibility index (Phi) is 14.6. The molecule has 11 heteroatoms. The number of fused-ring (bicyclic) bond motifs is 2. The number of benzene rings is 3. The quantitative estimate of drug-likeness (QED) is 0.0531. The smallest absolute Gasteiger partial charge is 0.409 e. The van der Waals surface area contributed by atoms with Crippen LogP contribution in [0.1, 0.15) is 68.9 Å². The number of ether oxygens (including phenoxy) is 4. The number of thioether (sulfide) groups is 1. The van der Waals surface area contributed by atoms with Crippen molar-refractivity contribution in [2.45, 2.75) is 81.1 Å². The SMILES string of the molecule is C=CCOC12Oc3ccc(Oc4ccc(SC)cc4)cc3C3C(CCCCO)C(CCCCO)C=C(C(=NOCc4ccccc4)CC1N(C)C(=O)OCC)C32. The van der Waals surface area contributed by atoms with Crippen molar-refractivity contribution >= 4 is 23.6 Å². The van der Waals surface area contributed by atoms with Crippen LogP contribution in [0.3, 0.4) is 0 Å². The van der Waals surface area contributed by atoms with Crippen molar-refractivity contribution < 1.29 is 38.8 Å². The first-order valence-corrected chi connectivity index (χ1v) is 21.1. The van der Waals surface area contributed by atoms with Crippen molar-refractivity contribution in [1.82, 2.24) is 4.90 Å². The highest BCUT2D eigenvalue weighted by Gasteiger charge is 2.65. The zero-order chi connectivity index (χ0) is 39.5. The molecule has 3 aromatic carbocycles. The minimum Gasteiger partial charge on any atom is -0.459 e. The van der Waals surface area contributed by atoms with Gasteiger partial charge in [0.2, 0.25) is 5.79 Å². The molecule has 0 bridgehead atoms. The molecule has 6 atom stereocenters.